The van der Waals surface area contributed by atoms with E-state index in [1.807, 2.05) is 18.0 Å². The first-order chi connectivity index (χ1) is 9.15. The summed E-state index contributed by atoms with van der Waals surface area (Å²) in [5.41, 5.74) is 4.11. The number of rotatable bonds is 5. The number of hydrogen-bond acceptors (Lipinski definition) is 4. The third kappa shape index (κ3) is 3.04. The lowest BCUT2D eigenvalue weighted by atomic mass is 9.91. The first kappa shape index (κ1) is 13.8. The van der Waals surface area contributed by atoms with Crippen molar-refractivity contribution < 1.29 is 4.79 Å². The fraction of sp³-hybridized carbons (Fsp3) is 0.571. The Kier molecular flexibility index (Phi) is 4.37. The third-order valence-electron chi connectivity index (χ3n) is 3.72. The molecule has 1 aliphatic rings. The van der Waals surface area contributed by atoms with Crippen LogP contribution in [-0.4, -0.2) is 28.9 Å². The molecule has 1 aliphatic carbocycles. The van der Waals surface area contributed by atoms with E-state index in [4.69, 9.17) is 5.84 Å². The van der Waals surface area contributed by atoms with Crippen LogP contribution < -0.4 is 11.3 Å². The summed E-state index contributed by atoms with van der Waals surface area (Å²) in [4.78, 5) is 18.6. The van der Waals surface area contributed by atoms with E-state index in [1.54, 1.807) is 6.07 Å². The molecule has 5 heteroatoms. The molecule has 5 nitrogen and oxygen atoms in total. The number of hydrogen-bond donors (Lipinski definition) is 2. The van der Waals surface area contributed by atoms with Crippen molar-refractivity contribution in [1.82, 2.24) is 9.88 Å². The highest BCUT2D eigenvalue weighted by molar-refractivity contribution is 5.95. The van der Waals surface area contributed by atoms with Gasteiger partial charge in [0, 0.05) is 24.3 Å². The van der Waals surface area contributed by atoms with Crippen LogP contribution in [0.5, 0.6) is 0 Å². The van der Waals surface area contributed by atoms with E-state index in [9.17, 15) is 4.79 Å². The summed E-state index contributed by atoms with van der Waals surface area (Å²) >= 11 is 0. The number of nitrogens with one attached hydrogen (secondary N) is 1. The molecule has 104 valence electrons. The van der Waals surface area contributed by atoms with Crippen molar-refractivity contribution in [1.29, 1.82) is 0 Å². The van der Waals surface area contributed by atoms with Gasteiger partial charge >= 0.3 is 0 Å². The number of anilines is 1. The second kappa shape index (κ2) is 6.02. The molecule has 3 N–H and O–H groups in total. The molecule has 2 rings (SSSR count). The van der Waals surface area contributed by atoms with Crippen molar-refractivity contribution in [3.63, 3.8) is 0 Å². The topological polar surface area (TPSA) is 71.2 Å². The van der Waals surface area contributed by atoms with Gasteiger partial charge in [-0.1, -0.05) is 13.3 Å². The second-order valence-electron chi connectivity index (χ2n) is 5.13. The molecule has 1 saturated carbocycles. The number of nitrogens with zero attached hydrogens (tertiary/aromatic N) is 2. The van der Waals surface area contributed by atoms with Gasteiger partial charge in [-0.3, -0.25) is 4.79 Å². The molecule has 0 atom stereocenters. The Morgan fingerprint density at radius 2 is 2.26 bits per heavy atom. The van der Waals surface area contributed by atoms with Crippen LogP contribution in [0.15, 0.2) is 12.1 Å². The van der Waals surface area contributed by atoms with Gasteiger partial charge in [-0.15, -0.1) is 0 Å². The van der Waals surface area contributed by atoms with Crippen LogP contribution in [0.1, 0.15) is 48.7 Å². The zero-order valence-electron chi connectivity index (χ0n) is 11.6. The molecule has 0 aromatic carbocycles. The van der Waals surface area contributed by atoms with E-state index >= 15 is 0 Å². The van der Waals surface area contributed by atoms with Gasteiger partial charge in [0.25, 0.3) is 5.91 Å². The predicted octanol–water partition coefficient (Wildman–Crippen LogP) is 1.94. The quantitative estimate of drug-likeness (QED) is 0.628. The maximum Gasteiger partial charge on any atom is 0.254 e. The van der Waals surface area contributed by atoms with Crippen molar-refractivity contribution in [3.8, 4) is 0 Å². The standard InChI is InChI=1S/C14H22N4O/c1-3-5-11-8-10(9-13(16-11)17-15)14(19)18(2)12-6-4-7-12/h8-9,12H,3-7,15H2,1-2H3,(H,16,17). The maximum atomic E-state index is 12.4. The normalized spacial score (nSPS) is 14.9. The van der Waals surface area contributed by atoms with Crippen molar-refractivity contribution in [2.24, 2.45) is 5.84 Å². The summed E-state index contributed by atoms with van der Waals surface area (Å²) in [6.07, 6.45) is 5.28. The zero-order valence-corrected chi connectivity index (χ0v) is 11.6. The third-order valence-corrected chi connectivity index (χ3v) is 3.72. The zero-order chi connectivity index (χ0) is 13.8. The monoisotopic (exact) mass is 262 g/mol. The van der Waals surface area contributed by atoms with Gasteiger partial charge in [-0.05, 0) is 37.8 Å². The van der Waals surface area contributed by atoms with E-state index in [0.717, 1.165) is 31.4 Å². The molecule has 1 aromatic heterocycles. The largest absolute Gasteiger partial charge is 0.339 e. The molecule has 0 saturated heterocycles. The van der Waals surface area contributed by atoms with Gasteiger partial charge in [0.15, 0.2) is 0 Å². The predicted molar refractivity (Wildman–Crippen MR) is 75.8 cm³/mol. The lowest BCUT2D eigenvalue weighted by Gasteiger charge is -2.34. The number of hydrazine groups is 1. The lowest BCUT2D eigenvalue weighted by Crippen LogP contribution is -2.41. The molecule has 0 spiro atoms. The molecular formula is C14H22N4O. The second-order valence-corrected chi connectivity index (χ2v) is 5.13. The van der Waals surface area contributed by atoms with E-state index in [-0.39, 0.29) is 5.91 Å². The highest BCUT2D eigenvalue weighted by Gasteiger charge is 2.26. The molecule has 0 bridgehead atoms. The van der Waals surface area contributed by atoms with Crippen LogP contribution in [0.4, 0.5) is 5.82 Å². The minimum atomic E-state index is 0.0564. The van der Waals surface area contributed by atoms with Crippen molar-refractivity contribution in [2.75, 3.05) is 12.5 Å². The lowest BCUT2D eigenvalue weighted by molar-refractivity contribution is 0.0652. The van der Waals surface area contributed by atoms with E-state index in [2.05, 4.69) is 17.3 Å². The summed E-state index contributed by atoms with van der Waals surface area (Å²) in [6, 6.07) is 3.99. The molecule has 1 aromatic rings. The van der Waals surface area contributed by atoms with Crippen LogP contribution in [-0.2, 0) is 6.42 Å². The van der Waals surface area contributed by atoms with Crippen molar-refractivity contribution in [3.05, 3.63) is 23.4 Å². The van der Waals surface area contributed by atoms with E-state index in [0.29, 0.717) is 17.4 Å². The van der Waals surface area contributed by atoms with Crippen LogP contribution in [0.3, 0.4) is 0 Å². The molecule has 0 radical (unpaired) electrons. The molecule has 1 fully saturated rings. The molecular weight excluding hydrogens is 240 g/mol. The fourth-order valence-electron chi connectivity index (χ4n) is 2.31. The Balaban J connectivity index is 2.21. The molecule has 19 heavy (non-hydrogen) atoms. The van der Waals surface area contributed by atoms with Crippen LogP contribution >= 0.6 is 0 Å². The Bertz CT molecular complexity index is 457. The number of aryl methyl sites for hydroxylation is 1. The number of aromatic nitrogens is 1. The number of amides is 1. The summed E-state index contributed by atoms with van der Waals surface area (Å²) in [5.74, 6) is 6.03. The average Bonchev–Trinajstić information content (AvgIpc) is 2.35. The Morgan fingerprint density at radius 1 is 1.53 bits per heavy atom. The highest BCUT2D eigenvalue weighted by atomic mass is 16.2. The number of nitrogens with two attached hydrogens (primary N) is 1. The Labute approximate surface area is 114 Å². The van der Waals surface area contributed by atoms with Crippen LogP contribution in [0.2, 0.25) is 0 Å². The minimum Gasteiger partial charge on any atom is -0.339 e. The number of carbonyl (C=O) groups excluding carboxylic acids is 1. The molecule has 0 aliphatic heterocycles. The fourth-order valence-corrected chi connectivity index (χ4v) is 2.31. The van der Waals surface area contributed by atoms with Gasteiger partial charge in [-0.25, -0.2) is 10.8 Å². The maximum absolute atomic E-state index is 12.4. The first-order valence-corrected chi connectivity index (χ1v) is 6.90. The molecule has 1 heterocycles. The van der Waals surface area contributed by atoms with Crippen LogP contribution in [0, 0.1) is 0 Å². The molecule has 1 amide bonds. The van der Waals surface area contributed by atoms with Crippen molar-refractivity contribution in [2.45, 2.75) is 45.1 Å². The smallest absolute Gasteiger partial charge is 0.254 e. The van der Waals surface area contributed by atoms with Gasteiger partial charge in [-0.2, -0.15) is 0 Å². The van der Waals surface area contributed by atoms with E-state index < -0.39 is 0 Å². The van der Waals surface area contributed by atoms with Crippen LogP contribution in [0.25, 0.3) is 0 Å². The Morgan fingerprint density at radius 3 is 2.79 bits per heavy atom. The SMILES string of the molecule is CCCc1cc(C(=O)N(C)C2CCC2)cc(NN)n1. The number of carbonyl (C=O) groups is 1. The summed E-state index contributed by atoms with van der Waals surface area (Å²) in [6.45, 7) is 2.09. The first-order valence-electron chi connectivity index (χ1n) is 6.90. The van der Waals surface area contributed by atoms with Crippen molar-refractivity contribution >= 4 is 11.7 Å². The summed E-state index contributed by atoms with van der Waals surface area (Å²) in [5, 5.41) is 0. The van der Waals surface area contributed by atoms with Gasteiger partial charge < -0.3 is 10.3 Å². The van der Waals surface area contributed by atoms with Gasteiger partial charge in [0.1, 0.15) is 5.82 Å². The van der Waals surface area contributed by atoms with E-state index in [1.165, 1.54) is 6.42 Å². The van der Waals surface area contributed by atoms with Gasteiger partial charge in [0.2, 0.25) is 0 Å². The average molecular weight is 262 g/mol. The number of nitrogen functional groups attached to an aromatic ring is 1. The molecule has 0 unspecified atom stereocenters. The minimum absolute atomic E-state index is 0.0564. The van der Waals surface area contributed by atoms with Gasteiger partial charge in [0.05, 0.1) is 0 Å². The Hall–Kier alpha value is -1.62. The summed E-state index contributed by atoms with van der Waals surface area (Å²) in [7, 11) is 1.88. The highest BCUT2D eigenvalue weighted by Crippen LogP contribution is 2.25. The summed E-state index contributed by atoms with van der Waals surface area (Å²) < 4.78 is 0. The number of pyridine rings is 1.